The Kier molecular flexibility index (Phi) is 6.89. The average Bonchev–Trinajstić information content (AvgIpc) is 3.59. The second kappa shape index (κ2) is 10.2. The Morgan fingerprint density at radius 2 is 1.91 bits per heavy atom. The van der Waals surface area contributed by atoms with Crippen LogP contribution in [0.3, 0.4) is 0 Å². The summed E-state index contributed by atoms with van der Waals surface area (Å²) in [7, 11) is 1.66. The summed E-state index contributed by atoms with van der Waals surface area (Å²) < 4.78 is 15.2. The molecule has 0 radical (unpaired) electrons. The van der Waals surface area contributed by atoms with Gasteiger partial charge in [0.1, 0.15) is 10.9 Å². The third-order valence-electron chi connectivity index (χ3n) is 5.94. The van der Waals surface area contributed by atoms with Crippen LogP contribution in [0.2, 0.25) is 5.15 Å². The highest BCUT2D eigenvalue weighted by atomic mass is 35.5. The highest BCUT2D eigenvalue weighted by Crippen LogP contribution is 2.32. The van der Waals surface area contributed by atoms with E-state index in [-0.39, 0.29) is 6.10 Å². The Hall–Kier alpha value is -2.81. The van der Waals surface area contributed by atoms with Gasteiger partial charge < -0.3 is 9.47 Å². The minimum atomic E-state index is 0.165. The fraction of sp³-hybridized carbons (Fsp3) is 0.320. The van der Waals surface area contributed by atoms with E-state index in [0.717, 1.165) is 58.7 Å². The second-order valence-electron chi connectivity index (χ2n) is 8.17. The molecule has 3 heterocycles. The van der Waals surface area contributed by atoms with Crippen LogP contribution in [-0.2, 0) is 17.0 Å². The lowest BCUT2D eigenvalue weighted by atomic mass is 10.2. The molecule has 2 aromatic heterocycles. The maximum Gasteiger partial charge on any atom is 0.191 e. The summed E-state index contributed by atoms with van der Waals surface area (Å²) in [6, 6.07) is 17.8. The first-order chi connectivity index (χ1) is 16.6. The third-order valence-corrected chi connectivity index (χ3v) is 7.32. The summed E-state index contributed by atoms with van der Waals surface area (Å²) in [5.74, 6) is 2.27. The van der Waals surface area contributed by atoms with Crippen molar-refractivity contribution in [3.63, 3.8) is 0 Å². The van der Waals surface area contributed by atoms with E-state index in [0.29, 0.717) is 17.5 Å². The zero-order chi connectivity index (χ0) is 23.5. The molecule has 0 saturated carbocycles. The molecule has 1 fully saturated rings. The van der Waals surface area contributed by atoms with Gasteiger partial charge in [-0.2, -0.15) is 5.10 Å². The Balaban J connectivity index is 1.42. The summed E-state index contributed by atoms with van der Waals surface area (Å²) in [5.41, 5.74) is 3.83. The molecule has 5 rings (SSSR count). The Morgan fingerprint density at radius 3 is 2.62 bits per heavy atom. The van der Waals surface area contributed by atoms with Gasteiger partial charge in [0, 0.05) is 23.5 Å². The van der Waals surface area contributed by atoms with Crippen LogP contribution in [0.15, 0.2) is 59.8 Å². The van der Waals surface area contributed by atoms with Gasteiger partial charge in [-0.3, -0.25) is 4.57 Å². The van der Waals surface area contributed by atoms with E-state index in [4.69, 9.17) is 21.1 Å². The predicted molar refractivity (Wildman–Crippen MR) is 134 cm³/mol. The largest absolute Gasteiger partial charge is 0.497 e. The van der Waals surface area contributed by atoms with Crippen molar-refractivity contribution in [2.45, 2.75) is 43.3 Å². The Bertz CT molecular complexity index is 1250. The number of aryl methyl sites for hydroxylation is 1. The Labute approximate surface area is 208 Å². The molecule has 2 aromatic carbocycles. The lowest BCUT2D eigenvalue weighted by Crippen LogP contribution is -2.16. The number of aromatic nitrogens is 5. The molecule has 9 heteroatoms. The smallest absolute Gasteiger partial charge is 0.191 e. The molecule has 1 saturated heterocycles. The van der Waals surface area contributed by atoms with Crippen molar-refractivity contribution in [1.82, 2.24) is 24.5 Å². The third kappa shape index (κ3) is 4.71. The number of ether oxygens (including phenoxy) is 2. The van der Waals surface area contributed by atoms with E-state index < -0.39 is 0 Å². The molecular weight excluding hydrogens is 470 g/mol. The molecule has 0 bridgehead atoms. The number of benzene rings is 2. The van der Waals surface area contributed by atoms with Crippen LogP contribution in [0.1, 0.15) is 24.1 Å². The normalized spacial score (nSPS) is 15.7. The van der Waals surface area contributed by atoms with Crippen molar-refractivity contribution in [3.05, 3.63) is 71.0 Å². The lowest BCUT2D eigenvalue weighted by Gasteiger charge is -2.15. The molecule has 7 nitrogen and oxygen atoms in total. The maximum atomic E-state index is 6.75. The summed E-state index contributed by atoms with van der Waals surface area (Å²) >= 11 is 8.36. The second-order valence-corrected chi connectivity index (χ2v) is 9.47. The molecule has 0 N–H and O–H groups in total. The number of rotatable bonds is 8. The number of nitrogens with zero attached hydrogens (tertiary/aromatic N) is 5. The van der Waals surface area contributed by atoms with Crippen LogP contribution in [0.25, 0.3) is 17.1 Å². The van der Waals surface area contributed by atoms with Gasteiger partial charge in [0.15, 0.2) is 11.0 Å². The fourth-order valence-corrected chi connectivity index (χ4v) is 5.53. The molecular formula is C25H26ClN5O2S. The van der Waals surface area contributed by atoms with E-state index in [1.54, 1.807) is 23.6 Å². The average molecular weight is 496 g/mol. The lowest BCUT2D eigenvalue weighted by molar-refractivity contribution is 0.0953. The van der Waals surface area contributed by atoms with Crippen LogP contribution in [0.5, 0.6) is 5.75 Å². The van der Waals surface area contributed by atoms with E-state index in [9.17, 15) is 0 Å². The van der Waals surface area contributed by atoms with E-state index in [1.165, 1.54) is 0 Å². The number of hydrogen-bond donors (Lipinski definition) is 0. The summed E-state index contributed by atoms with van der Waals surface area (Å²) in [5, 5.41) is 15.2. The van der Waals surface area contributed by atoms with Crippen molar-refractivity contribution in [3.8, 4) is 22.8 Å². The van der Waals surface area contributed by atoms with Crippen LogP contribution in [0.4, 0.5) is 0 Å². The van der Waals surface area contributed by atoms with Crippen molar-refractivity contribution < 1.29 is 9.47 Å². The first kappa shape index (κ1) is 23.0. The van der Waals surface area contributed by atoms with Gasteiger partial charge in [0.2, 0.25) is 0 Å². The summed E-state index contributed by atoms with van der Waals surface area (Å²) in [6.45, 7) is 3.51. The van der Waals surface area contributed by atoms with Gasteiger partial charge in [-0.1, -0.05) is 41.6 Å². The predicted octanol–water partition coefficient (Wildman–Crippen LogP) is 5.57. The molecule has 1 unspecified atom stereocenters. The molecule has 1 atom stereocenters. The molecule has 34 heavy (non-hydrogen) atoms. The summed E-state index contributed by atoms with van der Waals surface area (Å²) in [4.78, 5) is 0. The van der Waals surface area contributed by atoms with Gasteiger partial charge in [0.05, 0.1) is 31.1 Å². The fourth-order valence-electron chi connectivity index (χ4n) is 4.08. The zero-order valence-corrected chi connectivity index (χ0v) is 20.7. The van der Waals surface area contributed by atoms with Crippen molar-refractivity contribution in [1.29, 1.82) is 0 Å². The quantitative estimate of drug-likeness (QED) is 0.297. The molecule has 4 aromatic rings. The first-order valence-corrected chi connectivity index (χ1v) is 12.6. The maximum absolute atomic E-state index is 6.75. The molecule has 176 valence electrons. The molecule has 0 spiro atoms. The number of methoxy groups -OCH3 is 1. The van der Waals surface area contributed by atoms with Crippen LogP contribution >= 0.6 is 23.4 Å². The number of thioether (sulfide) groups is 1. The van der Waals surface area contributed by atoms with E-state index >= 15 is 0 Å². The molecule has 1 aliphatic heterocycles. The Morgan fingerprint density at radius 1 is 1.12 bits per heavy atom. The number of halogens is 1. The van der Waals surface area contributed by atoms with Gasteiger partial charge in [-0.25, -0.2) is 4.68 Å². The van der Waals surface area contributed by atoms with Crippen LogP contribution in [0, 0.1) is 6.92 Å². The monoisotopic (exact) mass is 495 g/mol. The molecule has 0 amide bonds. The van der Waals surface area contributed by atoms with Crippen molar-refractivity contribution in [2.75, 3.05) is 13.7 Å². The van der Waals surface area contributed by atoms with E-state index in [1.807, 2.05) is 61.5 Å². The number of hydrogen-bond acceptors (Lipinski definition) is 6. The zero-order valence-electron chi connectivity index (χ0n) is 19.1. The van der Waals surface area contributed by atoms with Crippen molar-refractivity contribution in [2.24, 2.45) is 0 Å². The van der Waals surface area contributed by atoms with Gasteiger partial charge >= 0.3 is 0 Å². The highest BCUT2D eigenvalue weighted by Gasteiger charge is 2.23. The van der Waals surface area contributed by atoms with Gasteiger partial charge in [-0.15, -0.1) is 10.2 Å². The summed E-state index contributed by atoms with van der Waals surface area (Å²) in [6.07, 6.45) is 2.29. The van der Waals surface area contributed by atoms with E-state index in [2.05, 4.69) is 19.9 Å². The SMILES string of the molecule is COc1ccc(-c2nnc(SCc3c(C)nn(-c4ccccc4)c3Cl)n2CC2CCCO2)cc1. The topological polar surface area (TPSA) is 67.0 Å². The van der Waals surface area contributed by atoms with Gasteiger partial charge in [0.25, 0.3) is 0 Å². The molecule has 0 aliphatic carbocycles. The standard InChI is InChI=1S/C25H26ClN5O2S/c1-17-22(23(26)31(29-17)19-7-4-3-5-8-19)16-34-25-28-27-24(18-10-12-20(32-2)13-11-18)30(25)15-21-9-6-14-33-21/h3-5,7-8,10-13,21H,6,9,14-16H2,1-2H3. The van der Waals surface area contributed by atoms with Crippen LogP contribution < -0.4 is 4.74 Å². The number of para-hydroxylation sites is 1. The van der Waals surface area contributed by atoms with Crippen LogP contribution in [-0.4, -0.2) is 44.4 Å². The first-order valence-electron chi connectivity index (χ1n) is 11.3. The molecule has 1 aliphatic rings. The minimum absolute atomic E-state index is 0.165. The van der Waals surface area contributed by atoms with Crippen molar-refractivity contribution >= 4 is 23.4 Å². The minimum Gasteiger partial charge on any atom is -0.497 e. The van der Waals surface area contributed by atoms with Gasteiger partial charge in [-0.05, 0) is 56.2 Å². The highest BCUT2D eigenvalue weighted by molar-refractivity contribution is 7.98.